The van der Waals surface area contributed by atoms with Gasteiger partial charge in [-0.1, -0.05) is 0 Å². The van der Waals surface area contributed by atoms with Gasteiger partial charge in [0.25, 0.3) is 0 Å². The second-order valence-electron chi connectivity index (χ2n) is 0.408. The van der Waals surface area contributed by atoms with E-state index >= 15 is 0 Å². The molecule has 0 amide bonds. The van der Waals surface area contributed by atoms with Gasteiger partial charge in [0.1, 0.15) is 0 Å². The van der Waals surface area contributed by atoms with Crippen LogP contribution < -0.4 is 59.1 Å². The van der Waals surface area contributed by atoms with Crippen LogP contribution in [-0.2, 0) is 40.0 Å². The summed E-state index contributed by atoms with van der Waals surface area (Å²) in [5.74, 6) is 0. The molecule has 0 heterocycles. The van der Waals surface area contributed by atoms with E-state index in [0.29, 0.717) is 0 Å². The summed E-state index contributed by atoms with van der Waals surface area (Å²) in [7, 11) is -4.33. The molecular formula is H10FeNa2O9S2. The van der Waals surface area contributed by atoms with Crippen molar-refractivity contribution in [3.63, 3.8) is 0 Å². The van der Waals surface area contributed by atoms with Crippen molar-refractivity contribution in [3.05, 3.63) is 0 Å². The Labute approximate surface area is 138 Å². The van der Waals surface area contributed by atoms with Crippen molar-refractivity contribution >= 4 is 20.2 Å². The monoisotopic (exact) mass is 320 g/mol. The van der Waals surface area contributed by atoms with Crippen molar-refractivity contribution in [2.75, 3.05) is 0 Å². The Balaban J connectivity index is -0.00000000377. The summed E-state index contributed by atoms with van der Waals surface area (Å²) in [4.78, 5) is 0. The van der Waals surface area contributed by atoms with Crippen molar-refractivity contribution in [1.82, 2.24) is 0 Å². The van der Waals surface area contributed by atoms with Crippen molar-refractivity contribution in [3.8, 4) is 0 Å². The van der Waals surface area contributed by atoms with Gasteiger partial charge in [-0.05, 0) is 11.2 Å². The Morgan fingerprint density at radius 2 is 0.857 bits per heavy atom. The molecule has 9 nitrogen and oxygen atoms in total. The summed E-state index contributed by atoms with van der Waals surface area (Å²) < 4.78 is 34.7. The van der Waals surface area contributed by atoms with E-state index < -0.39 is 9.05 Å². The van der Waals surface area contributed by atoms with E-state index in [4.69, 9.17) is 17.1 Å². The second-order valence-corrected chi connectivity index (χ2v) is 2.45. The van der Waals surface area contributed by atoms with Gasteiger partial charge in [0.05, 0.1) is 0 Å². The van der Waals surface area contributed by atoms with E-state index in [0.717, 1.165) is 0 Å². The van der Waals surface area contributed by atoms with E-state index in [2.05, 4.69) is 11.2 Å². The zero-order chi connectivity index (χ0) is 6.50. The van der Waals surface area contributed by atoms with Crippen LogP contribution >= 0.6 is 0 Å². The Morgan fingerprint density at radius 3 is 0.857 bits per heavy atom. The molecule has 0 atom stereocenters. The molecule has 0 rings (SSSR count). The molecule has 0 aliphatic heterocycles. The zero-order valence-electron chi connectivity index (χ0n) is 7.30. The quantitative estimate of drug-likeness (QED) is 0.393. The fourth-order valence-corrected chi connectivity index (χ4v) is 0. The molecule has 14 heteroatoms. The van der Waals surface area contributed by atoms with Crippen molar-refractivity contribution < 1.29 is 120 Å². The van der Waals surface area contributed by atoms with Crippen LogP contribution in [0.1, 0.15) is 0 Å². The predicted molar refractivity (Wildman–Crippen MR) is 35.8 cm³/mol. The first-order valence-corrected chi connectivity index (χ1v) is 3.60. The molecule has 0 spiro atoms. The van der Waals surface area contributed by atoms with Crippen molar-refractivity contribution in [2.45, 2.75) is 0 Å². The Hall–Kier alpha value is 2.41. The molecule has 0 saturated carbocycles. The summed E-state index contributed by atoms with van der Waals surface area (Å²) in [6.07, 6.45) is 0. The molecule has 0 aromatic rings. The van der Waals surface area contributed by atoms with Crippen LogP contribution in [0.4, 0.5) is 0 Å². The normalized spacial score (nSPS) is 4.50. The fraction of sp³-hybridized carbons (Fsp3) is 0. The molecule has 86 valence electrons. The molecule has 0 aromatic heterocycles. The Kier molecular flexibility index (Phi) is 229. The van der Waals surface area contributed by atoms with Gasteiger partial charge in [0.2, 0.25) is 0 Å². The summed E-state index contributed by atoms with van der Waals surface area (Å²) in [6.45, 7) is 0. The summed E-state index contributed by atoms with van der Waals surface area (Å²) in [6, 6.07) is 0. The molecule has 0 saturated heterocycles. The molecule has 0 bridgehead atoms. The molecule has 0 aliphatic carbocycles. The molecule has 0 fully saturated rings. The number of hydrogen-bond acceptors (Lipinski definition) is 5. The van der Waals surface area contributed by atoms with Crippen LogP contribution in [-0.4, -0.2) is 40.7 Å². The van der Waals surface area contributed by atoms with Gasteiger partial charge in [-0.2, -0.15) is 0 Å². The molecule has 0 unspecified atom stereocenters. The third kappa shape index (κ3) is 446. The van der Waals surface area contributed by atoms with Crippen molar-refractivity contribution in [1.29, 1.82) is 0 Å². The molecule has 10 N–H and O–H groups in total. The fourth-order valence-electron chi connectivity index (χ4n) is 0. The van der Waals surface area contributed by atoms with Gasteiger partial charge in [0, 0.05) is 0 Å². The molecular weight excluding hydrogens is 310 g/mol. The van der Waals surface area contributed by atoms with Gasteiger partial charge in [-0.3, -0.25) is 4.21 Å². The topological polar surface area (TPSA) is 238 Å². The zero-order valence-corrected chi connectivity index (χ0v) is 14.0. The summed E-state index contributed by atoms with van der Waals surface area (Å²) in [5.41, 5.74) is 0. The first kappa shape index (κ1) is 71.0. The average Bonchev–Trinajstić information content (AvgIpc) is 1.36. The van der Waals surface area contributed by atoms with Gasteiger partial charge in [-0.25, -0.2) is 0 Å². The minimum absolute atomic E-state index is 0. The molecule has 0 radical (unpaired) electrons. The number of rotatable bonds is 0. The average molecular weight is 320 g/mol. The van der Waals surface area contributed by atoms with Gasteiger partial charge < -0.3 is 36.5 Å². The van der Waals surface area contributed by atoms with E-state index in [1.807, 2.05) is 15.9 Å². The van der Waals surface area contributed by atoms with Crippen LogP contribution in [0, 0.1) is 0 Å². The van der Waals surface area contributed by atoms with Crippen LogP contribution in [0.5, 0.6) is 0 Å². The third-order valence-corrected chi connectivity index (χ3v) is 0. The van der Waals surface area contributed by atoms with E-state index in [-0.39, 0.29) is 86.5 Å². The predicted octanol–water partition coefficient (Wildman–Crippen LogP) is -11.2. The summed E-state index contributed by atoms with van der Waals surface area (Å²) >= 11 is 5.24. The third-order valence-electron chi connectivity index (χ3n) is 0. The number of hydrogen-bond donors (Lipinski definition) is 0. The Morgan fingerprint density at radius 1 is 0.857 bits per heavy atom. The van der Waals surface area contributed by atoms with E-state index in [1.54, 1.807) is 0 Å². The van der Waals surface area contributed by atoms with Crippen molar-refractivity contribution in [2.24, 2.45) is 0 Å². The first-order chi connectivity index (χ1) is 3.00. The maximum atomic E-state index is 8.89. The molecule has 0 aromatic carbocycles. The Bertz CT molecular complexity index is 115. The molecule has 0 aliphatic rings. The maximum absolute atomic E-state index is 8.89. The minimum atomic E-state index is -4.33. The first-order valence-electron chi connectivity index (χ1n) is 0.811. The van der Waals surface area contributed by atoms with Gasteiger partial charge in [0.15, 0.2) is 0 Å². The standard InChI is InChI=1S/Fe.2Na.H2O3S2.5H2O.O/c;;;1-5(2,3)4;;;;;;/h;;;(H2,1,2,3,4);5*1H2;/q;2*+1;;;;;;;/p-2. The van der Waals surface area contributed by atoms with Crippen LogP contribution in [0.3, 0.4) is 0 Å². The molecule has 14 heavy (non-hydrogen) atoms. The van der Waals surface area contributed by atoms with Gasteiger partial charge >= 0.3 is 78.9 Å². The second kappa shape index (κ2) is 45.2. The van der Waals surface area contributed by atoms with E-state index in [1.165, 1.54) is 0 Å². The summed E-state index contributed by atoms with van der Waals surface area (Å²) in [5, 5.41) is 0. The van der Waals surface area contributed by atoms with Crippen LogP contribution in [0.15, 0.2) is 0 Å². The van der Waals surface area contributed by atoms with Gasteiger partial charge in [-0.15, -0.1) is 9.05 Å². The van der Waals surface area contributed by atoms with Crippen LogP contribution in [0.2, 0.25) is 0 Å². The SMILES string of the molecule is O.O.O.O.O.O=S([O-])([O-])=S.[Na+].[Na+].[O]=[Fe]. The van der Waals surface area contributed by atoms with E-state index in [9.17, 15) is 0 Å². The van der Waals surface area contributed by atoms with Crippen LogP contribution in [0.25, 0.3) is 0 Å².